The molecule has 0 amide bonds. The van der Waals surface area contributed by atoms with Crippen LogP contribution in [0.2, 0.25) is 0 Å². The Morgan fingerprint density at radius 1 is 1.32 bits per heavy atom. The second-order valence-corrected chi connectivity index (χ2v) is 4.45. The van der Waals surface area contributed by atoms with E-state index < -0.39 is 0 Å². The first-order chi connectivity index (χ1) is 9.20. The number of anilines is 1. The normalized spacial score (nSPS) is 11.3. The van der Waals surface area contributed by atoms with Gasteiger partial charge in [-0.2, -0.15) is 5.10 Å². The van der Waals surface area contributed by atoms with Crippen molar-refractivity contribution in [1.82, 2.24) is 24.3 Å². The van der Waals surface area contributed by atoms with Crippen LogP contribution < -0.4 is 5.73 Å². The Bertz CT molecular complexity index is 710. The van der Waals surface area contributed by atoms with Gasteiger partial charge in [0.1, 0.15) is 5.52 Å². The fourth-order valence-electron chi connectivity index (χ4n) is 2.27. The molecule has 0 spiro atoms. The molecule has 0 aromatic carbocycles. The maximum atomic E-state index is 6.02. The zero-order valence-corrected chi connectivity index (χ0v) is 11.0. The second-order valence-electron chi connectivity index (χ2n) is 4.45. The maximum Gasteiger partial charge on any atom is 0.202 e. The molecule has 3 heterocycles. The lowest BCUT2D eigenvalue weighted by Crippen LogP contribution is -2.10. The number of pyridine rings is 1. The number of aromatic nitrogens is 5. The average Bonchev–Trinajstić information content (AvgIpc) is 2.90. The van der Waals surface area contributed by atoms with E-state index in [4.69, 9.17) is 5.73 Å². The minimum Gasteiger partial charge on any atom is -0.369 e. The number of nitrogens with zero attached hydrogens (tertiary/aromatic N) is 5. The molecule has 0 saturated carbocycles. The van der Waals surface area contributed by atoms with Crippen molar-refractivity contribution in [2.45, 2.75) is 26.9 Å². The monoisotopic (exact) mass is 256 g/mol. The molecule has 0 saturated heterocycles. The molecule has 3 aromatic heterocycles. The highest BCUT2D eigenvalue weighted by atomic mass is 15.4. The summed E-state index contributed by atoms with van der Waals surface area (Å²) in [5.41, 5.74) is 9.71. The van der Waals surface area contributed by atoms with E-state index >= 15 is 0 Å². The topological polar surface area (TPSA) is 74.6 Å². The van der Waals surface area contributed by atoms with Crippen LogP contribution in [0.25, 0.3) is 11.2 Å². The summed E-state index contributed by atoms with van der Waals surface area (Å²) in [7, 11) is 0. The molecule has 19 heavy (non-hydrogen) atoms. The van der Waals surface area contributed by atoms with Gasteiger partial charge in [0.05, 0.1) is 17.9 Å². The number of hydrogen-bond donors (Lipinski definition) is 1. The molecule has 0 aliphatic carbocycles. The van der Waals surface area contributed by atoms with E-state index in [1.807, 2.05) is 34.4 Å². The van der Waals surface area contributed by atoms with E-state index in [9.17, 15) is 0 Å². The molecule has 6 nitrogen and oxygen atoms in total. The van der Waals surface area contributed by atoms with Crippen molar-refractivity contribution in [1.29, 1.82) is 0 Å². The Balaban J connectivity index is 2.15. The molecule has 0 fully saturated rings. The minimum atomic E-state index is 0.503. The maximum absolute atomic E-state index is 6.02. The fourth-order valence-corrected chi connectivity index (χ4v) is 2.27. The van der Waals surface area contributed by atoms with Crippen LogP contribution in [0.15, 0.2) is 24.4 Å². The molecule has 0 unspecified atom stereocenters. The van der Waals surface area contributed by atoms with E-state index in [0.29, 0.717) is 12.5 Å². The third kappa shape index (κ3) is 1.85. The van der Waals surface area contributed by atoms with Gasteiger partial charge in [-0.3, -0.25) is 9.55 Å². The lowest BCUT2D eigenvalue weighted by Gasteiger charge is -2.07. The molecule has 0 aliphatic rings. The first kappa shape index (κ1) is 11.7. The largest absolute Gasteiger partial charge is 0.369 e. The van der Waals surface area contributed by atoms with Gasteiger partial charge in [-0.1, -0.05) is 6.07 Å². The van der Waals surface area contributed by atoms with Crippen LogP contribution in [0.1, 0.15) is 18.3 Å². The molecule has 0 aliphatic heterocycles. The summed E-state index contributed by atoms with van der Waals surface area (Å²) in [6.07, 6.45) is 1.78. The van der Waals surface area contributed by atoms with Crippen molar-refractivity contribution in [2.24, 2.45) is 0 Å². The number of nitrogen functional groups attached to an aromatic ring is 1. The highest BCUT2D eigenvalue weighted by Crippen LogP contribution is 2.21. The lowest BCUT2D eigenvalue weighted by atomic mass is 10.3. The van der Waals surface area contributed by atoms with Gasteiger partial charge < -0.3 is 5.73 Å². The van der Waals surface area contributed by atoms with Crippen molar-refractivity contribution < 1.29 is 0 Å². The summed E-state index contributed by atoms with van der Waals surface area (Å²) < 4.78 is 3.89. The van der Waals surface area contributed by atoms with Crippen LogP contribution in [-0.2, 0) is 13.1 Å². The molecule has 0 radical (unpaired) electrons. The van der Waals surface area contributed by atoms with Gasteiger partial charge in [-0.25, -0.2) is 9.67 Å². The molecule has 0 atom stereocenters. The van der Waals surface area contributed by atoms with Crippen LogP contribution in [0.3, 0.4) is 0 Å². The third-order valence-electron chi connectivity index (χ3n) is 3.17. The fraction of sp³-hybridized carbons (Fsp3) is 0.308. The Morgan fingerprint density at radius 3 is 2.84 bits per heavy atom. The first-order valence-electron chi connectivity index (χ1n) is 6.29. The molecule has 3 rings (SSSR count). The first-order valence-corrected chi connectivity index (χ1v) is 6.29. The van der Waals surface area contributed by atoms with Crippen molar-refractivity contribution in [3.05, 3.63) is 35.8 Å². The zero-order valence-electron chi connectivity index (χ0n) is 11.0. The van der Waals surface area contributed by atoms with Crippen LogP contribution in [0.5, 0.6) is 0 Å². The third-order valence-corrected chi connectivity index (χ3v) is 3.17. The van der Waals surface area contributed by atoms with E-state index in [1.165, 1.54) is 0 Å². The van der Waals surface area contributed by atoms with Crippen molar-refractivity contribution in [2.75, 3.05) is 5.73 Å². The van der Waals surface area contributed by atoms with Gasteiger partial charge in [0.25, 0.3) is 0 Å². The van der Waals surface area contributed by atoms with Crippen LogP contribution >= 0.6 is 0 Å². The average molecular weight is 256 g/mol. The van der Waals surface area contributed by atoms with Crippen LogP contribution in [0.4, 0.5) is 5.95 Å². The van der Waals surface area contributed by atoms with Gasteiger partial charge in [0.15, 0.2) is 5.65 Å². The predicted molar refractivity (Wildman–Crippen MR) is 73.7 cm³/mol. The van der Waals surface area contributed by atoms with Crippen molar-refractivity contribution in [3.63, 3.8) is 0 Å². The quantitative estimate of drug-likeness (QED) is 0.772. The van der Waals surface area contributed by atoms with E-state index in [1.54, 1.807) is 6.20 Å². The number of nitrogens with two attached hydrogens (primary N) is 1. The summed E-state index contributed by atoms with van der Waals surface area (Å²) in [5, 5.41) is 4.47. The van der Waals surface area contributed by atoms with Gasteiger partial charge >= 0.3 is 0 Å². The molecule has 98 valence electrons. The Morgan fingerprint density at radius 2 is 2.16 bits per heavy atom. The molecule has 0 bridgehead atoms. The standard InChI is InChI=1S/C13H16N6/c1-3-19-12-11(9(2)17-19)16-13(14)18(12)8-10-6-4-5-7-15-10/h4-7H,3,8H2,1-2H3,(H2,14,16). The Kier molecular flexibility index (Phi) is 2.70. The van der Waals surface area contributed by atoms with Crippen LogP contribution in [-0.4, -0.2) is 24.3 Å². The van der Waals surface area contributed by atoms with E-state index in [2.05, 4.69) is 22.0 Å². The Labute approximate surface area is 110 Å². The van der Waals surface area contributed by atoms with Crippen molar-refractivity contribution >= 4 is 17.1 Å². The van der Waals surface area contributed by atoms with Crippen molar-refractivity contribution in [3.8, 4) is 0 Å². The molecular formula is C13H16N6. The molecular weight excluding hydrogens is 240 g/mol. The van der Waals surface area contributed by atoms with Gasteiger partial charge in [0.2, 0.25) is 5.95 Å². The number of imidazole rings is 1. The number of hydrogen-bond acceptors (Lipinski definition) is 4. The number of fused-ring (bicyclic) bond motifs is 1. The van der Waals surface area contributed by atoms with Gasteiger partial charge in [-0.05, 0) is 26.0 Å². The zero-order chi connectivity index (χ0) is 13.4. The smallest absolute Gasteiger partial charge is 0.202 e. The van der Waals surface area contributed by atoms with Gasteiger partial charge in [0, 0.05) is 12.7 Å². The summed E-state index contributed by atoms with van der Waals surface area (Å²) >= 11 is 0. The van der Waals surface area contributed by atoms with E-state index in [-0.39, 0.29) is 0 Å². The molecule has 2 N–H and O–H groups in total. The summed E-state index contributed by atoms with van der Waals surface area (Å²) in [4.78, 5) is 8.74. The lowest BCUT2D eigenvalue weighted by molar-refractivity contribution is 0.646. The second kappa shape index (κ2) is 4.38. The Hall–Kier alpha value is -2.37. The molecule has 3 aromatic rings. The SMILES string of the molecule is CCn1nc(C)c2nc(N)n(Cc3ccccn3)c21. The van der Waals surface area contributed by atoms with E-state index in [0.717, 1.165) is 29.1 Å². The summed E-state index contributed by atoms with van der Waals surface area (Å²) in [6, 6.07) is 5.84. The van der Waals surface area contributed by atoms with Crippen LogP contribution in [0, 0.1) is 6.92 Å². The number of rotatable bonds is 3. The predicted octanol–water partition coefficient (Wildman–Crippen LogP) is 1.59. The highest BCUT2D eigenvalue weighted by molar-refractivity contribution is 5.77. The number of aryl methyl sites for hydroxylation is 2. The minimum absolute atomic E-state index is 0.503. The summed E-state index contributed by atoms with van der Waals surface area (Å²) in [5.74, 6) is 0.503. The summed E-state index contributed by atoms with van der Waals surface area (Å²) in [6.45, 7) is 5.40. The molecule has 6 heteroatoms. The van der Waals surface area contributed by atoms with Gasteiger partial charge in [-0.15, -0.1) is 0 Å². The highest BCUT2D eigenvalue weighted by Gasteiger charge is 2.16.